The molecule has 2 aliphatic heterocycles. The summed E-state index contributed by atoms with van der Waals surface area (Å²) in [6, 6.07) is 3.79. The summed E-state index contributed by atoms with van der Waals surface area (Å²) >= 11 is 6.59. The zero-order valence-corrected chi connectivity index (χ0v) is 23.3. The standard InChI is InChI=1S/C28H39ClN2O6/c1-17-8-7-9-24(36-6)28(34)16-23(37-27(33)30-28)19(3)12-18(2)10-11-25(32)31(4)21-14-20(13-17)15-22(35-5)26(21)29/h7-9,14-15,18-19,23-24,34H,10-13,16H2,1-6H3,(H,30,33)/b9-7+,17-8+/t18-,19-,23?,24+,28-/m0/s1. The van der Waals surface area contributed by atoms with Crippen molar-refractivity contribution in [1.82, 2.24) is 5.32 Å². The third-order valence-corrected chi connectivity index (χ3v) is 7.64. The number of carbonyl (C=O) groups is 2. The number of allylic oxidation sites excluding steroid dienone is 3. The van der Waals surface area contributed by atoms with Crippen LogP contribution in [0, 0.1) is 11.8 Å². The number of rotatable bonds is 2. The summed E-state index contributed by atoms with van der Waals surface area (Å²) in [5.41, 5.74) is 0.970. The molecular formula is C28H39ClN2O6. The summed E-state index contributed by atoms with van der Waals surface area (Å²) in [6.45, 7) is 6.05. The van der Waals surface area contributed by atoms with Crippen molar-refractivity contribution in [2.75, 3.05) is 26.2 Å². The first kappa shape index (κ1) is 29.0. The maximum absolute atomic E-state index is 13.1. The van der Waals surface area contributed by atoms with Crippen LogP contribution in [-0.2, 0) is 20.7 Å². The predicted molar refractivity (Wildman–Crippen MR) is 144 cm³/mol. The van der Waals surface area contributed by atoms with Gasteiger partial charge in [-0.3, -0.25) is 10.1 Å². The molecule has 0 radical (unpaired) electrons. The van der Waals surface area contributed by atoms with Crippen LogP contribution in [0.4, 0.5) is 10.5 Å². The Morgan fingerprint density at radius 3 is 2.65 bits per heavy atom. The zero-order valence-electron chi connectivity index (χ0n) is 22.5. The van der Waals surface area contributed by atoms with Crippen LogP contribution in [0.25, 0.3) is 0 Å². The first-order chi connectivity index (χ1) is 17.5. The van der Waals surface area contributed by atoms with Crippen molar-refractivity contribution in [2.45, 2.75) is 70.8 Å². The van der Waals surface area contributed by atoms with Gasteiger partial charge in [-0.1, -0.05) is 49.2 Å². The number of amides is 2. The maximum atomic E-state index is 13.1. The Balaban J connectivity index is 2.00. The third-order valence-electron chi connectivity index (χ3n) is 7.26. The highest BCUT2D eigenvalue weighted by atomic mass is 35.5. The molecule has 1 aromatic carbocycles. The van der Waals surface area contributed by atoms with Gasteiger partial charge in [0, 0.05) is 27.0 Å². The van der Waals surface area contributed by atoms with Gasteiger partial charge in [-0.05, 0) is 55.7 Å². The number of ether oxygens (including phenoxy) is 3. The van der Waals surface area contributed by atoms with Gasteiger partial charge >= 0.3 is 6.09 Å². The quantitative estimate of drug-likeness (QED) is 0.553. The van der Waals surface area contributed by atoms with Crippen molar-refractivity contribution in [1.29, 1.82) is 0 Å². The Morgan fingerprint density at radius 2 is 1.97 bits per heavy atom. The van der Waals surface area contributed by atoms with Crippen LogP contribution in [0.5, 0.6) is 5.75 Å². The normalized spacial score (nSPS) is 32.1. The third kappa shape index (κ3) is 7.06. The molecule has 3 rings (SSSR count). The molecule has 0 spiro atoms. The van der Waals surface area contributed by atoms with Gasteiger partial charge in [0.2, 0.25) is 5.91 Å². The summed E-state index contributed by atoms with van der Waals surface area (Å²) in [6.07, 6.45) is 6.04. The first-order valence-electron chi connectivity index (χ1n) is 12.7. The molecule has 1 unspecified atom stereocenters. The fourth-order valence-corrected chi connectivity index (χ4v) is 5.40. The second-order valence-corrected chi connectivity index (χ2v) is 10.7. The molecule has 1 fully saturated rings. The van der Waals surface area contributed by atoms with Crippen molar-refractivity contribution in [3.8, 4) is 5.75 Å². The highest BCUT2D eigenvalue weighted by Crippen LogP contribution is 2.37. The molecule has 9 heteroatoms. The number of hydrogen-bond acceptors (Lipinski definition) is 6. The van der Waals surface area contributed by atoms with E-state index in [2.05, 4.69) is 12.2 Å². The average Bonchev–Trinajstić information content (AvgIpc) is 2.84. The van der Waals surface area contributed by atoms with Crippen LogP contribution in [0.2, 0.25) is 5.02 Å². The van der Waals surface area contributed by atoms with Gasteiger partial charge in [0.15, 0.2) is 5.72 Å². The smallest absolute Gasteiger partial charge is 0.409 e. The monoisotopic (exact) mass is 534 g/mol. The van der Waals surface area contributed by atoms with Gasteiger partial charge in [0.05, 0.1) is 12.8 Å². The van der Waals surface area contributed by atoms with Crippen molar-refractivity contribution in [2.24, 2.45) is 11.8 Å². The Bertz CT molecular complexity index is 1060. The van der Waals surface area contributed by atoms with Gasteiger partial charge < -0.3 is 24.2 Å². The van der Waals surface area contributed by atoms with E-state index in [1.165, 1.54) is 7.11 Å². The number of benzene rings is 1. The number of methoxy groups -OCH3 is 2. The molecule has 8 nitrogen and oxygen atoms in total. The summed E-state index contributed by atoms with van der Waals surface area (Å²) in [5, 5.41) is 14.3. The second-order valence-electron chi connectivity index (χ2n) is 10.4. The summed E-state index contributed by atoms with van der Waals surface area (Å²) in [7, 11) is 4.78. The minimum absolute atomic E-state index is 0.0264. The first-order valence-corrected chi connectivity index (χ1v) is 13.1. The number of carbonyl (C=O) groups excluding carboxylic acids is 2. The number of hydrogen-bond donors (Lipinski definition) is 2. The number of nitrogens with zero attached hydrogens (tertiary/aromatic N) is 1. The van der Waals surface area contributed by atoms with Gasteiger partial charge in [0.25, 0.3) is 0 Å². The van der Waals surface area contributed by atoms with Gasteiger partial charge in [-0.15, -0.1) is 0 Å². The summed E-state index contributed by atoms with van der Waals surface area (Å²) < 4.78 is 16.6. The van der Waals surface area contributed by atoms with Crippen molar-refractivity contribution in [3.63, 3.8) is 0 Å². The summed E-state index contributed by atoms with van der Waals surface area (Å²) in [4.78, 5) is 27.1. The fourth-order valence-electron chi connectivity index (χ4n) is 5.09. The number of nitrogens with one attached hydrogen (secondary N) is 1. The van der Waals surface area contributed by atoms with Crippen LogP contribution < -0.4 is 15.0 Å². The largest absolute Gasteiger partial charge is 0.495 e. The van der Waals surface area contributed by atoms with E-state index in [0.717, 1.165) is 17.6 Å². The number of aliphatic hydroxyl groups is 1. The van der Waals surface area contributed by atoms with E-state index in [1.54, 1.807) is 25.1 Å². The number of anilines is 1. The van der Waals surface area contributed by atoms with Crippen LogP contribution in [0.1, 0.15) is 52.0 Å². The highest BCUT2D eigenvalue weighted by Gasteiger charge is 2.46. The average molecular weight is 535 g/mol. The molecule has 1 saturated heterocycles. The topological polar surface area (TPSA) is 97.3 Å². The van der Waals surface area contributed by atoms with Crippen LogP contribution in [-0.4, -0.2) is 56.3 Å². The predicted octanol–water partition coefficient (Wildman–Crippen LogP) is 5.01. The van der Waals surface area contributed by atoms with E-state index in [1.807, 2.05) is 38.1 Å². The molecule has 5 atom stereocenters. The Kier molecular flexibility index (Phi) is 9.67. The molecule has 37 heavy (non-hydrogen) atoms. The highest BCUT2D eigenvalue weighted by molar-refractivity contribution is 6.35. The lowest BCUT2D eigenvalue weighted by atomic mass is 9.84. The lowest BCUT2D eigenvalue weighted by Gasteiger charge is -2.42. The molecule has 0 aliphatic carbocycles. The molecule has 204 valence electrons. The number of halogens is 1. The number of fused-ring (bicyclic) bond motifs is 4. The van der Waals surface area contributed by atoms with Crippen molar-refractivity contribution < 1.29 is 28.9 Å². The Labute approximate surface area is 224 Å². The van der Waals surface area contributed by atoms with Gasteiger partial charge in [-0.25, -0.2) is 4.79 Å². The molecular weight excluding hydrogens is 496 g/mol. The molecule has 0 saturated carbocycles. The second kappa shape index (κ2) is 12.3. The lowest BCUT2D eigenvalue weighted by molar-refractivity contribution is -0.142. The lowest BCUT2D eigenvalue weighted by Crippen LogP contribution is -2.63. The van der Waals surface area contributed by atoms with Crippen molar-refractivity contribution in [3.05, 3.63) is 46.5 Å². The SMILES string of the molecule is COc1cc2cc(c1Cl)N(C)C(=O)CC[C@H](C)C[C@H](C)C1C[C@@](O)(NC(=O)O1)[C@H](OC)/C=C/C=C(\C)C2. The van der Waals surface area contributed by atoms with Gasteiger partial charge in [-0.2, -0.15) is 0 Å². The van der Waals surface area contributed by atoms with Crippen LogP contribution in [0.15, 0.2) is 35.9 Å². The minimum atomic E-state index is -1.61. The van der Waals surface area contributed by atoms with E-state index in [4.69, 9.17) is 25.8 Å². The molecule has 1 aromatic rings. The molecule has 2 aliphatic rings. The molecule has 4 bridgehead atoms. The van der Waals surface area contributed by atoms with Gasteiger partial charge in [0.1, 0.15) is 23.0 Å². The molecule has 2 amide bonds. The molecule has 2 N–H and O–H groups in total. The van der Waals surface area contributed by atoms with E-state index in [9.17, 15) is 14.7 Å². The Morgan fingerprint density at radius 1 is 1.24 bits per heavy atom. The van der Waals surface area contributed by atoms with E-state index in [-0.39, 0.29) is 24.2 Å². The number of alkyl carbamates (subject to hydrolysis) is 1. The van der Waals surface area contributed by atoms with Crippen LogP contribution in [0.3, 0.4) is 0 Å². The minimum Gasteiger partial charge on any atom is -0.495 e. The zero-order chi connectivity index (χ0) is 27.3. The summed E-state index contributed by atoms with van der Waals surface area (Å²) in [5.74, 6) is 0.633. The van der Waals surface area contributed by atoms with Crippen molar-refractivity contribution >= 4 is 29.3 Å². The molecule has 0 aromatic heterocycles. The molecule has 2 heterocycles. The van der Waals surface area contributed by atoms with E-state index < -0.39 is 24.0 Å². The van der Waals surface area contributed by atoms with E-state index in [0.29, 0.717) is 35.7 Å². The fraction of sp³-hybridized carbons (Fsp3) is 0.571. The Hall–Kier alpha value is -2.55. The van der Waals surface area contributed by atoms with Crippen LogP contribution >= 0.6 is 11.6 Å². The van der Waals surface area contributed by atoms with E-state index >= 15 is 0 Å². The maximum Gasteiger partial charge on any atom is 0.409 e.